The van der Waals surface area contributed by atoms with Crippen LogP contribution in [0.2, 0.25) is 0 Å². The monoisotopic (exact) mass is 317 g/mol. The predicted molar refractivity (Wildman–Crippen MR) is 93.0 cm³/mol. The number of aromatic nitrogens is 1. The van der Waals surface area contributed by atoms with Crippen LogP contribution in [-0.4, -0.2) is 16.1 Å². The second-order valence-electron chi connectivity index (χ2n) is 5.62. The van der Waals surface area contributed by atoms with E-state index in [4.69, 9.17) is 4.74 Å². The van der Waals surface area contributed by atoms with Crippen molar-refractivity contribution in [2.24, 2.45) is 0 Å². The summed E-state index contributed by atoms with van der Waals surface area (Å²) in [5, 5.41) is 12.4. The highest BCUT2D eigenvalue weighted by atomic mass is 16.5. The predicted octanol–water partition coefficient (Wildman–Crippen LogP) is 4.38. The molecule has 4 aromatic rings. The molecule has 2 N–H and O–H groups in total. The second-order valence-corrected chi connectivity index (χ2v) is 5.62. The van der Waals surface area contributed by atoms with Gasteiger partial charge in [-0.25, -0.2) is 4.79 Å². The van der Waals surface area contributed by atoms with Gasteiger partial charge in [0.25, 0.3) is 0 Å². The summed E-state index contributed by atoms with van der Waals surface area (Å²) in [5.74, 6) is -0.626. The number of rotatable bonds is 3. The Balaban J connectivity index is 1.67. The number of H-pyrrole nitrogens is 1. The number of carbonyl (C=O) groups excluding carboxylic acids is 1. The molecule has 0 unspecified atom stereocenters. The van der Waals surface area contributed by atoms with Crippen molar-refractivity contribution in [2.45, 2.75) is 6.61 Å². The lowest BCUT2D eigenvalue weighted by Crippen LogP contribution is -2.05. The van der Waals surface area contributed by atoms with Gasteiger partial charge in [0.15, 0.2) is 5.75 Å². The number of nitrogens with one attached hydrogen (secondary N) is 1. The Labute approximate surface area is 138 Å². The average Bonchev–Trinajstić information content (AvgIpc) is 3.01. The first-order chi connectivity index (χ1) is 11.7. The number of hydrogen-bond acceptors (Lipinski definition) is 3. The van der Waals surface area contributed by atoms with Gasteiger partial charge in [-0.2, -0.15) is 0 Å². The maximum atomic E-state index is 12.3. The van der Waals surface area contributed by atoms with E-state index in [2.05, 4.69) is 4.98 Å². The van der Waals surface area contributed by atoms with Crippen molar-refractivity contribution in [2.75, 3.05) is 0 Å². The van der Waals surface area contributed by atoms with Crippen LogP contribution in [0.15, 0.2) is 66.7 Å². The van der Waals surface area contributed by atoms with E-state index >= 15 is 0 Å². The normalized spacial score (nSPS) is 11.0. The molecule has 0 aliphatic carbocycles. The van der Waals surface area contributed by atoms with Crippen molar-refractivity contribution >= 4 is 27.8 Å². The lowest BCUT2D eigenvalue weighted by molar-refractivity contribution is 0.0469. The highest BCUT2D eigenvalue weighted by molar-refractivity contribution is 6.11. The standard InChI is InChI=1S/C20H15NO3/c22-19-16(20(23)24-12-13-6-2-1-3-7-13)11-10-15-14-8-4-5-9-17(14)21-18(15)19/h1-11,21-22H,12H2. The first kappa shape index (κ1) is 14.3. The molecule has 24 heavy (non-hydrogen) atoms. The maximum absolute atomic E-state index is 12.3. The number of hydrogen-bond donors (Lipinski definition) is 2. The maximum Gasteiger partial charge on any atom is 0.342 e. The Morgan fingerprint density at radius 1 is 0.917 bits per heavy atom. The summed E-state index contributed by atoms with van der Waals surface area (Å²) in [4.78, 5) is 15.5. The number of phenolic OH excluding ortho intramolecular Hbond substituents is 1. The molecule has 0 bridgehead atoms. The molecular weight excluding hydrogens is 302 g/mol. The molecule has 0 aliphatic rings. The number of carbonyl (C=O) groups is 1. The van der Waals surface area contributed by atoms with Crippen LogP contribution >= 0.6 is 0 Å². The van der Waals surface area contributed by atoms with E-state index < -0.39 is 5.97 Å². The minimum absolute atomic E-state index is 0.0817. The lowest BCUT2D eigenvalue weighted by atomic mass is 10.1. The van der Waals surface area contributed by atoms with Crippen LogP contribution in [0.25, 0.3) is 21.8 Å². The molecule has 4 rings (SSSR count). The van der Waals surface area contributed by atoms with E-state index in [1.54, 1.807) is 6.07 Å². The van der Waals surface area contributed by atoms with Gasteiger partial charge in [0, 0.05) is 16.3 Å². The van der Waals surface area contributed by atoms with E-state index in [9.17, 15) is 9.90 Å². The number of aromatic amines is 1. The number of para-hydroxylation sites is 1. The zero-order valence-electron chi connectivity index (χ0n) is 12.8. The molecule has 0 atom stereocenters. The zero-order chi connectivity index (χ0) is 16.5. The van der Waals surface area contributed by atoms with E-state index in [1.807, 2.05) is 60.7 Å². The smallest absolute Gasteiger partial charge is 0.342 e. The van der Waals surface area contributed by atoms with Gasteiger partial charge in [-0.15, -0.1) is 0 Å². The fourth-order valence-corrected chi connectivity index (χ4v) is 2.87. The molecule has 0 saturated carbocycles. The van der Waals surface area contributed by atoms with Crippen LogP contribution in [0, 0.1) is 0 Å². The summed E-state index contributed by atoms with van der Waals surface area (Å²) in [6.45, 7) is 0.170. The van der Waals surface area contributed by atoms with Gasteiger partial charge < -0.3 is 14.8 Å². The number of fused-ring (bicyclic) bond motifs is 3. The van der Waals surface area contributed by atoms with Gasteiger partial charge in [-0.1, -0.05) is 54.6 Å². The van der Waals surface area contributed by atoms with Gasteiger partial charge in [0.1, 0.15) is 12.2 Å². The number of benzene rings is 3. The van der Waals surface area contributed by atoms with E-state index in [0.29, 0.717) is 5.52 Å². The molecule has 3 aromatic carbocycles. The molecule has 4 nitrogen and oxygen atoms in total. The van der Waals surface area contributed by atoms with Crippen molar-refractivity contribution in [3.05, 3.63) is 77.9 Å². The van der Waals surface area contributed by atoms with E-state index in [1.165, 1.54) is 0 Å². The fraction of sp³-hybridized carbons (Fsp3) is 0.0500. The van der Waals surface area contributed by atoms with Crippen LogP contribution in [0.5, 0.6) is 5.75 Å². The molecule has 0 saturated heterocycles. The van der Waals surface area contributed by atoms with Crippen LogP contribution in [0.4, 0.5) is 0 Å². The SMILES string of the molecule is O=C(OCc1ccccc1)c1ccc2c([nH]c3ccccc32)c1O. The van der Waals surface area contributed by atoms with Crippen molar-refractivity contribution in [3.8, 4) is 5.75 Å². The quantitative estimate of drug-likeness (QED) is 0.551. The Bertz CT molecular complexity index is 1030. The summed E-state index contributed by atoms with van der Waals surface area (Å²) >= 11 is 0. The minimum atomic E-state index is -0.545. The van der Waals surface area contributed by atoms with Crippen LogP contribution in [-0.2, 0) is 11.3 Å². The topological polar surface area (TPSA) is 62.3 Å². The van der Waals surface area contributed by atoms with E-state index in [-0.39, 0.29) is 17.9 Å². The number of phenols is 1. The largest absolute Gasteiger partial charge is 0.505 e. The number of aromatic hydroxyl groups is 1. The van der Waals surface area contributed by atoms with Crippen LogP contribution in [0.3, 0.4) is 0 Å². The van der Waals surface area contributed by atoms with Crippen molar-refractivity contribution in [1.29, 1.82) is 0 Å². The minimum Gasteiger partial charge on any atom is -0.505 e. The highest BCUT2D eigenvalue weighted by Crippen LogP contribution is 2.33. The average molecular weight is 317 g/mol. The third-order valence-electron chi connectivity index (χ3n) is 4.09. The van der Waals surface area contributed by atoms with Crippen molar-refractivity contribution in [3.63, 3.8) is 0 Å². The third kappa shape index (κ3) is 2.38. The molecule has 0 fully saturated rings. The highest BCUT2D eigenvalue weighted by Gasteiger charge is 2.17. The fourth-order valence-electron chi connectivity index (χ4n) is 2.87. The van der Waals surface area contributed by atoms with Crippen LogP contribution in [0.1, 0.15) is 15.9 Å². The van der Waals surface area contributed by atoms with Crippen LogP contribution < -0.4 is 0 Å². The molecule has 0 aliphatic heterocycles. The van der Waals surface area contributed by atoms with Crippen molar-refractivity contribution in [1.82, 2.24) is 4.98 Å². The summed E-state index contributed by atoms with van der Waals surface area (Å²) in [5.41, 5.74) is 2.52. The summed E-state index contributed by atoms with van der Waals surface area (Å²) in [6.07, 6.45) is 0. The molecule has 118 valence electrons. The Kier molecular flexibility index (Phi) is 3.43. The first-order valence-electron chi connectivity index (χ1n) is 7.67. The van der Waals surface area contributed by atoms with Gasteiger partial charge in [0.05, 0.1) is 5.52 Å². The lowest BCUT2D eigenvalue weighted by Gasteiger charge is -2.07. The molecule has 1 aromatic heterocycles. The molecule has 0 amide bonds. The van der Waals surface area contributed by atoms with Crippen molar-refractivity contribution < 1.29 is 14.6 Å². The first-order valence-corrected chi connectivity index (χ1v) is 7.67. The molecule has 0 radical (unpaired) electrons. The summed E-state index contributed by atoms with van der Waals surface area (Å²) < 4.78 is 5.31. The zero-order valence-corrected chi connectivity index (χ0v) is 12.8. The Morgan fingerprint density at radius 2 is 1.67 bits per heavy atom. The van der Waals surface area contributed by atoms with Gasteiger partial charge in [0.2, 0.25) is 0 Å². The van der Waals surface area contributed by atoms with Gasteiger partial charge >= 0.3 is 5.97 Å². The van der Waals surface area contributed by atoms with E-state index in [0.717, 1.165) is 21.9 Å². The number of esters is 1. The third-order valence-corrected chi connectivity index (χ3v) is 4.09. The molecule has 1 heterocycles. The summed E-state index contributed by atoms with van der Waals surface area (Å²) in [7, 11) is 0. The summed E-state index contributed by atoms with van der Waals surface area (Å²) in [6, 6.07) is 20.6. The Morgan fingerprint density at radius 3 is 2.50 bits per heavy atom. The second kappa shape index (κ2) is 5.74. The van der Waals surface area contributed by atoms with Gasteiger partial charge in [-0.3, -0.25) is 0 Å². The Hall–Kier alpha value is -3.27. The number of ether oxygens (including phenoxy) is 1. The molecule has 4 heteroatoms. The molecular formula is C20H15NO3. The van der Waals surface area contributed by atoms with Gasteiger partial charge in [-0.05, 0) is 17.7 Å². The molecule has 0 spiro atoms.